The van der Waals surface area contributed by atoms with Crippen molar-refractivity contribution in [2.75, 3.05) is 16.2 Å². The Morgan fingerprint density at radius 3 is 2.46 bits per heavy atom. The predicted octanol–water partition coefficient (Wildman–Crippen LogP) is 3.75. The monoisotopic (exact) mass is 365 g/mol. The molecule has 0 spiro atoms. The van der Waals surface area contributed by atoms with E-state index in [0.717, 1.165) is 16.9 Å². The summed E-state index contributed by atoms with van der Waals surface area (Å²) in [6.07, 6.45) is 1.69. The third-order valence-electron chi connectivity index (χ3n) is 4.49. The van der Waals surface area contributed by atoms with Crippen LogP contribution < -0.4 is 9.62 Å². The van der Waals surface area contributed by atoms with E-state index in [1.807, 2.05) is 49.4 Å². The molecule has 3 aromatic rings. The average Bonchev–Trinajstić information content (AvgIpc) is 3.02. The third-order valence-corrected chi connectivity index (χ3v) is 6.28. The molecule has 132 valence electrons. The van der Waals surface area contributed by atoms with Crippen LogP contribution >= 0.6 is 0 Å². The molecule has 2 heterocycles. The van der Waals surface area contributed by atoms with E-state index in [-0.39, 0.29) is 6.04 Å². The molecule has 1 aliphatic heterocycles. The second-order valence-electron chi connectivity index (χ2n) is 6.32. The molecule has 2 aromatic carbocycles. The Labute approximate surface area is 153 Å². The number of hydrogen-bond donors (Lipinski definition) is 1. The van der Waals surface area contributed by atoms with Gasteiger partial charge in [0.05, 0.1) is 28.9 Å². The molecule has 0 radical (unpaired) electrons. The van der Waals surface area contributed by atoms with Crippen molar-refractivity contribution < 1.29 is 8.42 Å². The fourth-order valence-corrected chi connectivity index (χ4v) is 4.65. The minimum Gasteiger partial charge on any atom is -0.375 e. The topological polar surface area (TPSA) is 62.3 Å². The van der Waals surface area contributed by atoms with Gasteiger partial charge in [-0.25, -0.2) is 8.42 Å². The lowest BCUT2D eigenvalue weighted by atomic mass is 10.2. The van der Waals surface area contributed by atoms with Crippen molar-refractivity contribution in [2.45, 2.75) is 17.9 Å². The number of aromatic nitrogens is 1. The van der Waals surface area contributed by atoms with E-state index in [9.17, 15) is 8.42 Å². The van der Waals surface area contributed by atoms with Crippen LogP contribution in [0.2, 0.25) is 0 Å². The summed E-state index contributed by atoms with van der Waals surface area (Å²) in [7, 11) is -3.64. The molecular formula is C20H19N3O2S. The number of fused-ring (bicyclic) bond motifs is 1. The lowest BCUT2D eigenvalue weighted by molar-refractivity contribution is 0.590. The van der Waals surface area contributed by atoms with Gasteiger partial charge in [-0.05, 0) is 43.3 Å². The van der Waals surface area contributed by atoms with Gasteiger partial charge in [-0.2, -0.15) is 0 Å². The average molecular weight is 365 g/mol. The van der Waals surface area contributed by atoms with Crippen LogP contribution in [-0.2, 0) is 10.0 Å². The van der Waals surface area contributed by atoms with Gasteiger partial charge >= 0.3 is 0 Å². The van der Waals surface area contributed by atoms with Gasteiger partial charge in [-0.3, -0.25) is 9.29 Å². The fourth-order valence-electron chi connectivity index (χ4n) is 3.15. The summed E-state index contributed by atoms with van der Waals surface area (Å²) in [6.45, 7) is 2.24. The summed E-state index contributed by atoms with van der Waals surface area (Å²) in [5.74, 6) is 0. The normalized spacial score (nSPS) is 16.3. The largest absolute Gasteiger partial charge is 0.375 e. The molecule has 0 saturated heterocycles. The molecule has 1 atom stereocenters. The van der Waals surface area contributed by atoms with Crippen molar-refractivity contribution in [3.8, 4) is 0 Å². The van der Waals surface area contributed by atoms with Crippen LogP contribution in [0.4, 0.5) is 11.4 Å². The number of sulfonamides is 1. The van der Waals surface area contributed by atoms with Crippen LogP contribution in [0.1, 0.15) is 17.3 Å². The van der Waals surface area contributed by atoms with Gasteiger partial charge in [0.15, 0.2) is 0 Å². The standard InChI is InChI=1S/C20H19N3O2S/c1-15-9-11-17(12-10-15)26(24,25)23-14-18(20-19(23)8-5-13-21-20)22-16-6-3-2-4-7-16/h2-13,18,22H,14H2,1H3. The number of benzene rings is 2. The molecule has 1 aromatic heterocycles. The number of hydrogen-bond acceptors (Lipinski definition) is 4. The highest BCUT2D eigenvalue weighted by molar-refractivity contribution is 7.92. The highest BCUT2D eigenvalue weighted by atomic mass is 32.2. The molecule has 1 aliphatic rings. The van der Waals surface area contributed by atoms with Crippen molar-refractivity contribution in [1.82, 2.24) is 4.98 Å². The van der Waals surface area contributed by atoms with Gasteiger partial charge in [0.1, 0.15) is 0 Å². The van der Waals surface area contributed by atoms with Crippen LogP contribution in [0, 0.1) is 6.92 Å². The number of pyridine rings is 1. The number of aryl methyl sites for hydroxylation is 1. The van der Waals surface area contributed by atoms with E-state index >= 15 is 0 Å². The lowest BCUT2D eigenvalue weighted by Gasteiger charge is -2.20. The van der Waals surface area contributed by atoms with E-state index < -0.39 is 10.0 Å². The minimum absolute atomic E-state index is 0.200. The Bertz CT molecular complexity index is 1020. The molecule has 4 rings (SSSR count). The van der Waals surface area contributed by atoms with Crippen molar-refractivity contribution in [3.05, 3.63) is 84.2 Å². The molecule has 0 fully saturated rings. The van der Waals surface area contributed by atoms with Gasteiger partial charge < -0.3 is 5.32 Å². The number of anilines is 2. The molecule has 5 nitrogen and oxygen atoms in total. The van der Waals surface area contributed by atoms with Crippen molar-refractivity contribution >= 4 is 21.4 Å². The first-order valence-corrected chi connectivity index (χ1v) is 9.85. The summed E-state index contributed by atoms with van der Waals surface area (Å²) in [4.78, 5) is 4.73. The van der Waals surface area contributed by atoms with Crippen LogP contribution in [0.15, 0.2) is 77.8 Å². The fraction of sp³-hybridized carbons (Fsp3) is 0.150. The third kappa shape index (κ3) is 2.93. The predicted molar refractivity (Wildman–Crippen MR) is 103 cm³/mol. The zero-order chi connectivity index (χ0) is 18.1. The molecule has 0 amide bonds. The molecule has 0 bridgehead atoms. The quantitative estimate of drug-likeness (QED) is 0.765. The van der Waals surface area contributed by atoms with Gasteiger partial charge in [-0.1, -0.05) is 35.9 Å². The number of nitrogens with zero attached hydrogens (tertiary/aromatic N) is 2. The first kappa shape index (κ1) is 16.6. The van der Waals surface area contributed by atoms with Crippen molar-refractivity contribution in [3.63, 3.8) is 0 Å². The Hall–Kier alpha value is -2.86. The van der Waals surface area contributed by atoms with Gasteiger partial charge in [0.25, 0.3) is 10.0 Å². The SMILES string of the molecule is Cc1ccc(S(=O)(=O)N2CC(Nc3ccccc3)c3ncccc32)cc1. The smallest absolute Gasteiger partial charge is 0.264 e. The molecular weight excluding hydrogens is 346 g/mol. The van der Waals surface area contributed by atoms with Gasteiger partial charge in [0, 0.05) is 11.9 Å². The van der Waals surface area contributed by atoms with Crippen LogP contribution in [0.25, 0.3) is 0 Å². The zero-order valence-electron chi connectivity index (χ0n) is 14.3. The van der Waals surface area contributed by atoms with E-state index in [0.29, 0.717) is 17.1 Å². The van der Waals surface area contributed by atoms with Gasteiger partial charge in [0.2, 0.25) is 0 Å². The maximum atomic E-state index is 13.2. The van der Waals surface area contributed by atoms with E-state index in [1.165, 1.54) is 4.31 Å². The Morgan fingerprint density at radius 2 is 1.73 bits per heavy atom. The molecule has 0 aliphatic carbocycles. The summed E-state index contributed by atoms with van der Waals surface area (Å²) in [5.41, 5.74) is 3.33. The first-order chi connectivity index (χ1) is 12.6. The lowest BCUT2D eigenvalue weighted by Crippen LogP contribution is -2.31. The maximum Gasteiger partial charge on any atom is 0.264 e. The molecule has 6 heteroatoms. The van der Waals surface area contributed by atoms with Crippen molar-refractivity contribution in [2.24, 2.45) is 0 Å². The van der Waals surface area contributed by atoms with Gasteiger partial charge in [-0.15, -0.1) is 0 Å². The molecule has 1 unspecified atom stereocenters. The Kier molecular flexibility index (Phi) is 4.12. The van der Waals surface area contributed by atoms with Crippen LogP contribution in [-0.4, -0.2) is 19.9 Å². The summed E-state index contributed by atoms with van der Waals surface area (Å²) in [6, 6.07) is 20.0. The van der Waals surface area contributed by atoms with E-state index in [2.05, 4.69) is 10.3 Å². The highest BCUT2D eigenvalue weighted by Crippen LogP contribution is 2.38. The highest BCUT2D eigenvalue weighted by Gasteiger charge is 2.37. The summed E-state index contributed by atoms with van der Waals surface area (Å²) < 4.78 is 27.8. The number of para-hydroxylation sites is 1. The van der Waals surface area contributed by atoms with Crippen LogP contribution in [0.5, 0.6) is 0 Å². The van der Waals surface area contributed by atoms with E-state index in [4.69, 9.17) is 0 Å². The first-order valence-electron chi connectivity index (χ1n) is 8.41. The van der Waals surface area contributed by atoms with Crippen LogP contribution in [0.3, 0.4) is 0 Å². The van der Waals surface area contributed by atoms with Crippen molar-refractivity contribution in [1.29, 1.82) is 0 Å². The molecule has 26 heavy (non-hydrogen) atoms. The number of nitrogens with one attached hydrogen (secondary N) is 1. The minimum atomic E-state index is -3.64. The summed E-state index contributed by atoms with van der Waals surface area (Å²) >= 11 is 0. The maximum absolute atomic E-state index is 13.2. The number of rotatable bonds is 4. The second kappa shape index (κ2) is 6.46. The summed E-state index contributed by atoms with van der Waals surface area (Å²) in [5, 5.41) is 3.39. The molecule has 1 N–H and O–H groups in total. The van der Waals surface area contributed by atoms with E-state index in [1.54, 1.807) is 30.5 Å². The Morgan fingerprint density at radius 1 is 1.00 bits per heavy atom. The second-order valence-corrected chi connectivity index (χ2v) is 8.18. The zero-order valence-corrected chi connectivity index (χ0v) is 15.1. The Balaban J connectivity index is 1.71. The molecule has 0 saturated carbocycles.